The molecule has 0 fully saturated rings. The Morgan fingerprint density at radius 1 is 1.06 bits per heavy atom. The molecule has 0 heterocycles. The fraction of sp³-hybridized carbons (Fsp3) is 1.00. The Kier molecular flexibility index (Phi) is 13.7. The third kappa shape index (κ3) is 10.8. The number of aliphatic hydroxyl groups excluding tert-OH is 1. The fourth-order valence-electron chi connectivity index (χ4n) is 1.96. The average molecular weight is 288 g/mol. The SMILES string of the molecule is CCCC(O)CCCCCC(CC)S(=O)(=O)[O-].[Na+]. The summed E-state index contributed by atoms with van der Waals surface area (Å²) in [6, 6.07) is 0. The van der Waals surface area contributed by atoms with Crippen LogP contribution in [-0.4, -0.2) is 29.4 Å². The summed E-state index contributed by atoms with van der Waals surface area (Å²) in [5.41, 5.74) is 0. The molecular weight excluding hydrogens is 263 g/mol. The molecule has 0 aliphatic rings. The largest absolute Gasteiger partial charge is 1.00 e. The topological polar surface area (TPSA) is 77.4 Å². The van der Waals surface area contributed by atoms with E-state index >= 15 is 0 Å². The van der Waals surface area contributed by atoms with Crippen LogP contribution in [0.1, 0.15) is 65.2 Å². The predicted molar refractivity (Wildman–Crippen MR) is 67.8 cm³/mol. The van der Waals surface area contributed by atoms with Crippen molar-refractivity contribution in [2.75, 3.05) is 0 Å². The van der Waals surface area contributed by atoms with E-state index in [0.717, 1.165) is 38.5 Å². The van der Waals surface area contributed by atoms with Gasteiger partial charge in [0.05, 0.1) is 16.2 Å². The molecule has 0 saturated carbocycles. The molecular formula is C12H25NaO4S. The zero-order valence-corrected chi connectivity index (χ0v) is 14.7. The second-order valence-electron chi connectivity index (χ2n) is 4.60. The average Bonchev–Trinajstić information content (AvgIpc) is 2.21. The van der Waals surface area contributed by atoms with E-state index in [9.17, 15) is 18.1 Å². The standard InChI is InChI=1S/C12H26O4S.Na/c1-3-8-11(13)9-6-5-7-10-12(4-2)17(14,15)16;/h11-13H,3-10H2,1-2H3,(H,14,15,16);/q;+1/p-1. The van der Waals surface area contributed by atoms with Gasteiger partial charge >= 0.3 is 29.6 Å². The van der Waals surface area contributed by atoms with Crippen molar-refractivity contribution in [3.63, 3.8) is 0 Å². The number of unbranched alkanes of at least 4 members (excludes halogenated alkanes) is 2. The first-order chi connectivity index (χ1) is 7.91. The second-order valence-corrected chi connectivity index (χ2v) is 6.26. The molecule has 2 atom stereocenters. The maximum Gasteiger partial charge on any atom is 1.00 e. The van der Waals surface area contributed by atoms with E-state index in [2.05, 4.69) is 0 Å². The quantitative estimate of drug-likeness (QED) is 0.332. The van der Waals surface area contributed by atoms with Crippen molar-refractivity contribution in [2.45, 2.75) is 76.6 Å². The minimum absolute atomic E-state index is 0. The summed E-state index contributed by atoms with van der Waals surface area (Å²) in [5.74, 6) is 0. The van der Waals surface area contributed by atoms with Gasteiger partial charge in [-0.15, -0.1) is 0 Å². The van der Waals surface area contributed by atoms with Gasteiger partial charge in [0.15, 0.2) is 0 Å². The van der Waals surface area contributed by atoms with Crippen molar-refractivity contribution in [1.29, 1.82) is 0 Å². The van der Waals surface area contributed by atoms with Gasteiger partial charge in [0, 0.05) is 5.25 Å². The summed E-state index contributed by atoms with van der Waals surface area (Å²) < 4.78 is 32.5. The van der Waals surface area contributed by atoms with Gasteiger partial charge in [0.1, 0.15) is 0 Å². The van der Waals surface area contributed by atoms with Crippen LogP contribution in [0.4, 0.5) is 0 Å². The zero-order valence-electron chi connectivity index (χ0n) is 11.9. The van der Waals surface area contributed by atoms with Crippen LogP contribution in [0.2, 0.25) is 0 Å². The molecule has 0 aromatic carbocycles. The predicted octanol–water partition coefficient (Wildman–Crippen LogP) is -0.574. The van der Waals surface area contributed by atoms with Gasteiger partial charge < -0.3 is 9.66 Å². The first kappa shape index (κ1) is 21.2. The molecule has 1 N–H and O–H groups in total. The summed E-state index contributed by atoms with van der Waals surface area (Å²) in [4.78, 5) is 0. The molecule has 0 rings (SSSR count). The molecule has 0 aliphatic carbocycles. The molecule has 6 heteroatoms. The van der Waals surface area contributed by atoms with Crippen LogP contribution in [0.5, 0.6) is 0 Å². The van der Waals surface area contributed by atoms with Gasteiger partial charge in [-0.25, -0.2) is 8.42 Å². The fourth-order valence-corrected chi connectivity index (χ4v) is 2.82. The van der Waals surface area contributed by atoms with Crippen molar-refractivity contribution in [2.24, 2.45) is 0 Å². The minimum Gasteiger partial charge on any atom is -0.748 e. The monoisotopic (exact) mass is 288 g/mol. The van der Waals surface area contributed by atoms with Crippen molar-refractivity contribution >= 4 is 10.1 Å². The molecule has 0 aromatic rings. The van der Waals surface area contributed by atoms with Gasteiger partial charge in [0.25, 0.3) is 0 Å². The third-order valence-corrected chi connectivity index (χ3v) is 4.43. The molecule has 0 radical (unpaired) electrons. The number of hydrogen-bond donors (Lipinski definition) is 1. The Hall–Kier alpha value is 0.870. The van der Waals surface area contributed by atoms with Crippen molar-refractivity contribution < 1.29 is 47.6 Å². The van der Waals surface area contributed by atoms with Gasteiger partial charge in [-0.3, -0.25) is 0 Å². The summed E-state index contributed by atoms with van der Waals surface area (Å²) in [6.45, 7) is 3.76. The molecule has 0 spiro atoms. The van der Waals surface area contributed by atoms with Crippen LogP contribution >= 0.6 is 0 Å². The van der Waals surface area contributed by atoms with Crippen LogP contribution < -0.4 is 29.6 Å². The molecule has 2 unspecified atom stereocenters. The van der Waals surface area contributed by atoms with E-state index in [1.165, 1.54) is 0 Å². The Morgan fingerprint density at radius 3 is 2.06 bits per heavy atom. The summed E-state index contributed by atoms with van der Waals surface area (Å²) in [5, 5.41) is 8.75. The molecule has 0 aromatic heterocycles. The molecule has 0 aliphatic heterocycles. The van der Waals surface area contributed by atoms with Gasteiger partial charge in [-0.2, -0.15) is 0 Å². The van der Waals surface area contributed by atoms with Crippen molar-refractivity contribution in [3.05, 3.63) is 0 Å². The molecule has 0 amide bonds. The maximum absolute atomic E-state index is 10.8. The van der Waals surface area contributed by atoms with E-state index in [4.69, 9.17) is 0 Å². The van der Waals surface area contributed by atoms with Crippen LogP contribution in [0.25, 0.3) is 0 Å². The first-order valence-corrected chi connectivity index (χ1v) is 8.01. The number of aliphatic hydroxyl groups is 1. The first-order valence-electron chi connectivity index (χ1n) is 6.54. The van der Waals surface area contributed by atoms with Gasteiger partial charge in [-0.1, -0.05) is 39.5 Å². The number of rotatable bonds is 10. The van der Waals surface area contributed by atoms with E-state index in [0.29, 0.717) is 12.8 Å². The van der Waals surface area contributed by atoms with E-state index < -0.39 is 15.4 Å². The van der Waals surface area contributed by atoms with E-state index in [-0.39, 0.29) is 35.7 Å². The number of hydrogen-bond acceptors (Lipinski definition) is 4. The maximum atomic E-state index is 10.8. The van der Waals surface area contributed by atoms with Crippen LogP contribution in [0.15, 0.2) is 0 Å². The minimum atomic E-state index is -4.13. The van der Waals surface area contributed by atoms with Gasteiger partial charge in [-0.05, 0) is 25.7 Å². The van der Waals surface area contributed by atoms with Gasteiger partial charge in [0.2, 0.25) is 0 Å². The summed E-state index contributed by atoms with van der Waals surface area (Å²) in [7, 11) is -4.13. The normalized spacial score (nSPS) is 14.9. The second kappa shape index (κ2) is 11.7. The van der Waals surface area contributed by atoms with Crippen LogP contribution in [0, 0.1) is 0 Å². The van der Waals surface area contributed by atoms with Crippen molar-refractivity contribution in [1.82, 2.24) is 0 Å². The smallest absolute Gasteiger partial charge is 0.748 e. The third-order valence-electron chi connectivity index (χ3n) is 3.05. The summed E-state index contributed by atoms with van der Waals surface area (Å²) in [6.07, 6.45) is 5.72. The Morgan fingerprint density at radius 2 is 1.61 bits per heavy atom. The van der Waals surface area contributed by atoms with Crippen molar-refractivity contribution in [3.8, 4) is 0 Å². The summed E-state index contributed by atoms with van der Waals surface area (Å²) >= 11 is 0. The van der Waals surface area contributed by atoms with E-state index in [1.54, 1.807) is 6.92 Å². The zero-order chi connectivity index (χ0) is 13.3. The molecule has 0 bridgehead atoms. The molecule has 4 nitrogen and oxygen atoms in total. The Labute approximate surface area is 134 Å². The molecule has 104 valence electrons. The van der Waals surface area contributed by atoms with Crippen LogP contribution in [0.3, 0.4) is 0 Å². The van der Waals surface area contributed by atoms with Crippen LogP contribution in [-0.2, 0) is 10.1 Å². The Bertz CT molecular complexity index is 280. The van der Waals surface area contributed by atoms with E-state index in [1.807, 2.05) is 6.92 Å². The molecule has 0 saturated heterocycles. The Balaban J connectivity index is 0. The molecule has 18 heavy (non-hydrogen) atoms.